The van der Waals surface area contributed by atoms with Crippen LogP contribution in [0, 0.1) is 0 Å². The summed E-state index contributed by atoms with van der Waals surface area (Å²) in [5.41, 5.74) is 1.17. The molecule has 0 aliphatic carbocycles. The summed E-state index contributed by atoms with van der Waals surface area (Å²) in [6, 6.07) is 0. The van der Waals surface area contributed by atoms with Crippen LogP contribution in [0.2, 0.25) is 0 Å². The molecule has 0 aromatic carbocycles. The number of aliphatic hydroxyl groups excluding tert-OH is 1. The molecule has 1 aromatic heterocycles. The van der Waals surface area contributed by atoms with Gasteiger partial charge in [0.25, 0.3) is 0 Å². The Morgan fingerprint density at radius 2 is 2.06 bits per heavy atom. The lowest BCUT2D eigenvalue weighted by atomic mass is 10.1. The lowest BCUT2D eigenvalue weighted by Gasteiger charge is -2.13. The van der Waals surface area contributed by atoms with Gasteiger partial charge in [0.15, 0.2) is 0 Å². The van der Waals surface area contributed by atoms with Crippen LogP contribution in [0.1, 0.15) is 32.4 Å². The van der Waals surface area contributed by atoms with Crippen molar-refractivity contribution in [3.8, 4) is 0 Å². The lowest BCUT2D eigenvalue weighted by Crippen LogP contribution is -2.28. The Morgan fingerprint density at radius 1 is 1.47 bits per heavy atom. The van der Waals surface area contributed by atoms with Crippen LogP contribution in [0.4, 0.5) is 5.69 Å². The zero-order chi connectivity index (χ0) is 13.2. The van der Waals surface area contributed by atoms with Crippen LogP contribution in [-0.2, 0) is 17.1 Å². The molecule has 0 bridgehead atoms. The van der Waals surface area contributed by atoms with Crippen molar-refractivity contribution in [3.05, 3.63) is 11.9 Å². The van der Waals surface area contributed by atoms with E-state index in [1.807, 2.05) is 13.8 Å². The first-order valence-corrected chi connectivity index (χ1v) is 6.98. The van der Waals surface area contributed by atoms with E-state index in [0.29, 0.717) is 11.4 Å². The number of nitrogens with zero attached hydrogens (tertiary/aromatic N) is 2. The van der Waals surface area contributed by atoms with Gasteiger partial charge in [0, 0.05) is 13.2 Å². The van der Waals surface area contributed by atoms with Crippen molar-refractivity contribution >= 4 is 15.7 Å². The molecule has 7 heteroatoms. The molecule has 17 heavy (non-hydrogen) atoms. The van der Waals surface area contributed by atoms with Gasteiger partial charge in [-0.25, -0.2) is 8.42 Å². The van der Waals surface area contributed by atoms with Crippen molar-refractivity contribution in [2.45, 2.75) is 31.9 Å². The average molecular weight is 261 g/mol. The smallest absolute Gasteiger partial charge is 0.237 e. The Morgan fingerprint density at radius 3 is 2.53 bits per heavy atom. The maximum Gasteiger partial charge on any atom is 0.237 e. The highest BCUT2D eigenvalue weighted by molar-refractivity contribution is 7.93. The Kier molecular flexibility index (Phi) is 4.16. The molecule has 0 amide bonds. The van der Waals surface area contributed by atoms with Gasteiger partial charge >= 0.3 is 0 Å². The predicted molar refractivity (Wildman–Crippen MR) is 66.4 cm³/mol. The van der Waals surface area contributed by atoms with E-state index in [0.717, 1.165) is 0 Å². The molecule has 1 heterocycles. The zero-order valence-electron chi connectivity index (χ0n) is 10.5. The van der Waals surface area contributed by atoms with Crippen LogP contribution in [0.15, 0.2) is 6.20 Å². The van der Waals surface area contributed by atoms with Gasteiger partial charge in [-0.2, -0.15) is 5.10 Å². The second-order valence-corrected chi connectivity index (χ2v) is 6.50. The van der Waals surface area contributed by atoms with Gasteiger partial charge < -0.3 is 5.11 Å². The number of anilines is 1. The molecule has 1 rings (SSSR count). The highest BCUT2D eigenvalue weighted by Crippen LogP contribution is 2.23. The van der Waals surface area contributed by atoms with Crippen molar-refractivity contribution in [2.24, 2.45) is 7.05 Å². The third-order valence-corrected chi connectivity index (χ3v) is 4.16. The minimum absolute atomic E-state index is 0.123. The van der Waals surface area contributed by atoms with Gasteiger partial charge in [-0.3, -0.25) is 9.40 Å². The Labute approximate surface area is 102 Å². The predicted octanol–water partition coefficient (Wildman–Crippen LogP) is 0.666. The summed E-state index contributed by atoms with van der Waals surface area (Å²) in [5, 5.41) is 12.3. The monoisotopic (exact) mass is 261 g/mol. The van der Waals surface area contributed by atoms with Crippen molar-refractivity contribution in [3.63, 3.8) is 0 Å². The molecule has 1 unspecified atom stereocenters. The van der Waals surface area contributed by atoms with Gasteiger partial charge in [-0.15, -0.1) is 0 Å². The van der Waals surface area contributed by atoms with E-state index in [2.05, 4.69) is 9.82 Å². The molecular weight excluding hydrogens is 242 g/mol. The summed E-state index contributed by atoms with van der Waals surface area (Å²) in [5.74, 6) is 0.123. The quantitative estimate of drug-likeness (QED) is 0.815. The number of hydrogen-bond donors (Lipinski definition) is 2. The maximum atomic E-state index is 11.8. The molecule has 98 valence electrons. The zero-order valence-corrected chi connectivity index (χ0v) is 11.3. The van der Waals surface area contributed by atoms with E-state index in [4.69, 9.17) is 5.11 Å². The molecule has 0 saturated carbocycles. The molecule has 0 aliphatic rings. The van der Waals surface area contributed by atoms with Gasteiger partial charge in [0.2, 0.25) is 10.0 Å². The summed E-state index contributed by atoms with van der Waals surface area (Å²) in [4.78, 5) is 0. The van der Waals surface area contributed by atoms with Crippen LogP contribution in [0.5, 0.6) is 0 Å². The lowest BCUT2D eigenvalue weighted by molar-refractivity contribution is 0.296. The standard InChI is InChI=1S/C10H19N3O3S/c1-7(2)10-9(5-13(4)11-10)12-17(15,16)8(3)6-14/h5,7-8,12,14H,6H2,1-4H3. The normalized spacial score (nSPS) is 14.0. The molecule has 0 saturated heterocycles. The van der Waals surface area contributed by atoms with E-state index in [-0.39, 0.29) is 5.92 Å². The number of nitrogens with one attached hydrogen (secondary N) is 1. The van der Waals surface area contributed by atoms with Crippen molar-refractivity contribution in [2.75, 3.05) is 11.3 Å². The fourth-order valence-corrected chi connectivity index (χ4v) is 2.22. The minimum Gasteiger partial charge on any atom is -0.395 e. The van der Waals surface area contributed by atoms with Crippen LogP contribution in [-0.4, -0.2) is 35.2 Å². The van der Waals surface area contributed by atoms with E-state index in [9.17, 15) is 8.42 Å². The van der Waals surface area contributed by atoms with Crippen LogP contribution >= 0.6 is 0 Å². The summed E-state index contributed by atoms with van der Waals surface area (Å²) >= 11 is 0. The molecule has 0 aliphatic heterocycles. The van der Waals surface area contributed by atoms with E-state index < -0.39 is 21.9 Å². The first-order valence-electron chi connectivity index (χ1n) is 5.44. The molecule has 2 N–H and O–H groups in total. The summed E-state index contributed by atoms with van der Waals surface area (Å²) < 4.78 is 27.6. The highest BCUT2D eigenvalue weighted by Gasteiger charge is 2.22. The summed E-state index contributed by atoms with van der Waals surface area (Å²) in [7, 11) is -1.82. The Hall–Kier alpha value is -1.08. The third kappa shape index (κ3) is 3.19. The minimum atomic E-state index is -3.56. The molecule has 6 nitrogen and oxygen atoms in total. The van der Waals surface area contributed by atoms with Crippen molar-refractivity contribution in [1.29, 1.82) is 0 Å². The fraction of sp³-hybridized carbons (Fsp3) is 0.700. The largest absolute Gasteiger partial charge is 0.395 e. The second-order valence-electron chi connectivity index (χ2n) is 4.40. The fourth-order valence-electron chi connectivity index (χ4n) is 1.36. The number of rotatable bonds is 5. The molecule has 0 spiro atoms. The van der Waals surface area contributed by atoms with Crippen LogP contribution in [0.3, 0.4) is 0 Å². The van der Waals surface area contributed by atoms with Crippen LogP contribution < -0.4 is 4.72 Å². The molecule has 0 fully saturated rings. The second kappa shape index (κ2) is 5.05. The molecule has 1 atom stereocenters. The number of aliphatic hydroxyl groups is 1. The van der Waals surface area contributed by atoms with E-state index in [1.54, 1.807) is 17.9 Å². The van der Waals surface area contributed by atoms with Gasteiger partial charge in [-0.05, 0) is 12.8 Å². The number of aromatic nitrogens is 2. The number of hydrogen-bond acceptors (Lipinski definition) is 4. The van der Waals surface area contributed by atoms with Gasteiger partial charge in [0.1, 0.15) is 5.25 Å². The molecular formula is C10H19N3O3S. The van der Waals surface area contributed by atoms with Crippen molar-refractivity contribution < 1.29 is 13.5 Å². The maximum absolute atomic E-state index is 11.8. The van der Waals surface area contributed by atoms with Gasteiger partial charge in [0.05, 0.1) is 18.0 Å². The Balaban J connectivity index is 3.03. The average Bonchev–Trinajstić information content (AvgIpc) is 2.57. The Bertz CT molecular complexity index is 479. The molecule has 0 radical (unpaired) electrons. The molecule has 1 aromatic rings. The first kappa shape index (κ1) is 14.0. The third-order valence-electron chi connectivity index (χ3n) is 2.44. The summed E-state index contributed by atoms with van der Waals surface area (Å²) in [6.07, 6.45) is 1.62. The highest BCUT2D eigenvalue weighted by atomic mass is 32.2. The summed E-state index contributed by atoms with van der Waals surface area (Å²) in [6.45, 7) is 4.92. The topological polar surface area (TPSA) is 84.2 Å². The van der Waals surface area contributed by atoms with Gasteiger partial charge in [-0.1, -0.05) is 13.8 Å². The van der Waals surface area contributed by atoms with Crippen LogP contribution in [0.25, 0.3) is 0 Å². The van der Waals surface area contributed by atoms with Crippen molar-refractivity contribution in [1.82, 2.24) is 9.78 Å². The van der Waals surface area contributed by atoms with E-state index in [1.165, 1.54) is 6.92 Å². The SMILES string of the molecule is CC(C)c1nn(C)cc1NS(=O)(=O)C(C)CO. The number of sulfonamides is 1. The first-order chi connectivity index (χ1) is 7.77. The van der Waals surface area contributed by atoms with E-state index >= 15 is 0 Å². The number of aryl methyl sites for hydroxylation is 1.